The quantitative estimate of drug-likeness (QED) is 0.357. The van der Waals surface area contributed by atoms with E-state index >= 15 is 0 Å². The summed E-state index contributed by atoms with van der Waals surface area (Å²) in [6.45, 7) is 1.97. The molecular weight excluding hydrogens is 460 g/mol. The van der Waals surface area contributed by atoms with Crippen LogP contribution in [0.4, 0.5) is 10.7 Å². The van der Waals surface area contributed by atoms with Crippen LogP contribution in [0.1, 0.15) is 27.0 Å². The van der Waals surface area contributed by atoms with Gasteiger partial charge in [-0.1, -0.05) is 36.4 Å². The molecule has 1 amide bonds. The molecule has 9 heteroatoms. The molecule has 0 aliphatic rings. The van der Waals surface area contributed by atoms with Crippen molar-refractivity contribution in [1.29, 1.82) is 0 Å². The van der Waals surface area contributed by atoms with Crippen LogP contribution in [-0.4, -0.2) is 26.9 Å². The number of amides is 1. The van der Waals surface area contributed by atoms with E-state index in [1.165, 1.54) is 24.3 Å². The summed E-state index contributed by atoms with van der Waals surface area (Å²) in [5, 5.41) is 5.04. The largest absolute Gasteiger partial charge is 0.462 e. The van der Waals surface area contributed by atoms with Gasteiger partial charge in [0, 0.05) is 11.3 Å². The normalized spacial score (nSPS) is 11.2. The number of carbonyl (C=O) groups excluding carboxylic acids is 2. The Morgan fingerprint density at radius 1 is 0.909 bits per heavy atom. The van der Waals surface area contributed by atoms with Crippen LogP contribution in [0.25, 0.3) is 10.8 Å². The number of esters is 1. The summed E-state index contributed by atoms with van der Waals surface area (Å²) < 4.78 is 33.3. The zero-order valence-corrected chi connectivity index (χ0v) is 19.2. The molecule has 0 aliphatic heterocycles. The summed E-state index contributed by atoms with van der Waals surface area (Å²) in [5.74, 6) is -0.953. The lowest BCUT2D eigenvalue weighted by atomic mass is 10.1. The molecule has 7 nitrogen and oxygen atoms in total. The number of sulfonamides is 1. The molecule has 0 saturated carbocycles. The van der Waals surface area contributed by atoms with Crippen LogP contribution >= 0.6 is 11.3 Å². The molecule has 1 heterocycles. The van der Waals surface area contributed by atoms with Crippen molar-refractivity contribution in [2.75, 3.05) is 16.6 Å². The van der Waals surface area contributed by atoms with Gasteiger partial charge in [-0.3, -0.25) is 9.52 Å². The highest BCUT2D eigenvalue weighted by atomic mass is 32.2. The average molecular weight is 481 g/mol. The van der Waals surface area contributed by atoms with Crippen LogP contribution in [0.3, 0.4) is 0 Å². The predicted octanol–water partition coefficient (Wildman–Crippen LogP) is 5.13. The van der Waals surface area contributed by atoms with Crippen LogP contribution in [-0.2, 0) is 14.8 Å². The summed E-state index contributed by atoms with van der Waals surface area (Å²) in [6, 6.07) is 21.8. The van der Waals surface area contributed by atoms with Gasteiger partial charge in [-0.2, -0.15) is 0 Å². The van der Waals surface area contributed by atoms with Crippen molar-refractivity contribution >= 4 is 54.7 Å². The molecular formula is C24H20N2O5S2. The van der Waals surface area contributed by atoms with E-state index in [-0.39, 0.29) is 17.1 Å². The fraction of sp³-hybridized carbons (Fsp3) is 0.0833. The van der Waals surface area contributed by atoms with Crippen LogP contribution in [0.5, 0.6) is 0 Å². The first-order valence-corrected chi connectivity index (χ1v) is 12.4. The highest BCUT2D eigenvalue weighted by molar-refractivity contribution is 7.92. The number of hydrogen-bond acceptors (Lipinski definition) is 6. The number of thiophene rings is 1. The third-order valence-corrected chi connectivity index (χ3v) is 7.09. The number of hydrogen-bond donors (Lipinski definition) is 2. The number of carbonyl (C=O) groups is 2. The van der Waals surface area contributed by atoms with Gasteiger partial charge in [0.25, 0.3) is 15.9 Å². The van der Waals surface area contributed by atoms with Gasteiger partial charge >= 0.3 is 5.97 Å². The number of anilines is 2. The predicted molar refractivity (Wildman–Crippen MR) is 129 cm³/mol. The lowest BCUT2D eigenvalue weighted by molar-refractivity contribution is 0.0532. The fourth-order valence-electron chi connectivity index (χ4n) is 3.17. The summed E-state index contributed by atoms with van der Waals surface area (Å²) in [5.41, 5.74) is 0.594. The third-order valence-electron chi connectivity index (χ3n) is 4.73. The second-order valence-electron chi connectivity index (χ2n) is 7.03. The molecule has 168 valence electrons. The van der Waals surface area contributed by atoms with Crippen LogP contribution in [0.2, 0.25) is 0 Å². The molecule has 0 unspecified atom stereocenters. The Hall–Kier alpha value is -3.69. The Bertz CT molecular complexity index is 1440. The minimum Gasteiger partial charge on any atom is -0.462 e. The third kappa shape index (κ3) is 5.21. The Labute approximate surface area is 195 Å². The van der Waals surface area contributed by atoms with Gasteiger partial charge in [0.05, 0.1) is 16.5 Å². The molecule has 0 atom stereocenters. The molecule has 1 aromatic heterocycles. The van der Waals surface area contributed by atoms with Crippen molar-refractivity contribution in [3.8, 4) is 0 Å². The molecule has 4 rings (SSSR count). The zero-order valence-electron chi connectivity index (χ0n) is 17.6. The van der Waals surface area contributed by atoms with E-state index in [9.17, 15) is 18.0 Å². The SMILES string of the molecule is CCOC(=O)c1ccc(NC(=O)c2cccc(S(=O)(=O)Nc3ccc4ccccc4c3)c2)s1. The first kappa shape index (κ1) is 22.5. The van der Waals surface area contributed by atoms with Crippen LogP contribution in [0, 0.1) is 0 Å². The van der Waals surface area contributed by atoms with E-state index in [2.05, 4.69) is 10.0 Å². The van der Waals surface area contributed by atoms with Gasteiger partial charge in [-0.05, 0) is 60.2 Å². The summed E-state index contributed by atoms with van der Waals surface area (Å²) in [6.07, 6.45) is 0. The van der Waals surface area contributed by atoms with Crippen molar-refractivity contribution in [2.45, 2.75) is 11.8 Å². The number of benzene rings is 3. The molecule has 3 aromatic carbocycles. The highest BCUT2D eigenvalue weighted by Gasteiger charge is 2.18. The first-order chi connectivity index (χ1) is 15.9. The van der Waals surface area contributed by atoms with E-state index < -0.39 is 21.9 Å². The van der Waals surface area contributed by atoms with Gasteiger partial charge in [-0.25, -0.2) is 13.2 Å². The van der Waals surface area contributed by atoms with Crippen molar-refractivity contribution < 1.29 is 22.7 Å². The molecule has 33 heavy (non-hydrogen) atoms. The van der Waals surface area contributed by atoms with Crippen LogP contribution in [0.15, 0.2) is 83.8 Å². The maximum absolute atomic E-state index is 12.9. The molecule has 0 spiro atoms. The van der Waals surface area contributed by atoms with E-state index in [0.29, 0.717) is 15.6 Å². The lowest BCUT2D eigenvalue weighted by Crippen LogP contribution is -2.15. The Balaban J connectivity index is 1.51. The molecule has 4 aromatic rings. The number of rotatable bonds is 7. The van der Waals surface area contributed by atoms with Gasteiger partial charge in [0.1, 0.15) is 4.88 Å². The van der Waals surface area contributed by atoms with Gasteiger partial charge in [0.15, 0.2) is 0 Å². The van der Waals surface area contributed by atoms with Crippen molar-refractivity contribution in [3.63, 3.8) is 0 Å². The molecule has 2 N–H and O–H groups in total. The number of ether oxygens (including phenoxy) is 1. The van der Waals surface area contributed by atoms with E-state index in [1.54, 1.807) is 31.2 Å². The summed E-state index contributed by atoms with van der Waals surface area (Å²) in [4.78, 5) is 24.8. The monoisotopic (exact) mass is 480 g/mol. The Morgan fingerprint density at radius 3 is 2.48 bits per heavy atom. The van der Waals surface area contributed by atoms with Crippen molar-refractivity contribution in [2.24, 2.45) is 0 Å². The molecule has 0 radical (unpaired) electrons. The second kappa shape index (κ2) is 9.43. The zero-order chi connectivity index (χ0) is 23.4. The summed E-state index contributed by atoms with van der Waals surface area (Å²) >= 11 is 1.08. The standard InChI is InChI=1S/C24H20N2O5S2/c1-2-31-24(28)21-12-13-22(32-21)25-23(27)18-8-5-9-20(15-18)33(29,30)26-19-11-10-16-6-3-4-7-17(16)14-19/h3-15,26H,2H2,1H3,(H,25,27). The lowest BCUT2D eigenvalue weighted by Gasteiger charge is -2.10. The number of fused-ring (bicyclic) bond motifs is 1. The van der Waals surface area contributed by atoms with E-state index in [0.717, 1.165) is 22.1 Å². The Kier molecular flexibility index (Phi) is 6.43. The van der Waals surface area contributed by atoms with Gasteiger partial charge in [-0.15, -0.1) is 11.3 Å². The Morgan fingerprint density at radius 2 is 1.70 bits per heavy atom. The molecule has 0 bridgehead atoms. The van der Waals surface area contributed by atoms with E-state index in [4.69, 9.17) is 4.74 Å². The maximum atomic E-state index is 12.9. The molecule has 0 saturated heterocycles. The molecule has 0 aliphatic carbocycles. The van der Waals surface area contributed by atoms with Gasteiger partial charge < -0.3 is 10.1 Å². The fourth-order valence-corrected chi connectivity index (χ4v) is 5.06. The van der Waals surface area contributed by atoms with Crippen molar-refractivity contribution in [1.82, 2.24) is 0 Å². The van der Waals surface area contributed by atoms with Crippen molar-refractivity contribution in [3.05, 3.63) is 89.3 Å². The van der Waals surface area contributed by atoms with Crippen LogP contribution < -0.4 is 10.0 Å². The summed E-state index contributed by atoms with van der Waals surface area (Å²) in [7, 11) is -3.91. The molecule has 0 fully saturated rings. The smallest absolute Gasteiger partial charge is 0.348 e. The minimum atomic E-state index is -3.91. The maximum Gasteiger partial charge on any atom is 0.348 e. The first-order valence-electron chi connectivity index (χ1n) is 10.1. The highest BCUT2D eigenvalue weighted by Crippen LogP contribution is 2.25. The minimum absolute atomic E-state index is 0.0401. The van der Waals surface area contributed by atoms with E-state index in [1.807, 2.05) is 30.3 Å². The topological polar surface area (TPSA) is 102 Å². The number of nitrogens with one attached hydrogen (secondary N) is 2. The van der Waals surface area contributed by atoms with Gasteiger partial charge in [0.2, 0.25) is 0 Å². The second-order valence-corrected chi connectivity index (χ2v) is 9.80. The average Bonchev–Trinajstić information content (AvgIpc) is 3.27.